The lowest BCUT2D eigenvalue weighted by atomic mass is 9.85. The minimum absolute atomic E-state index is 0.0104. The summed E-state index contributed by atoms with van der Waals surface area (Å²) in [7, 11) is 0. The Balaban J connectivity index is 3.36. The van der Waals surface area contributed by atoms with Gasteiger partial charge in [-0.25, -0.2) is 0 Å². The number of nitrogens with zero attached hydrogens (tertiary/aromatic N) is 1. The molecule has 3 nitrogen and oxygen atoms in total. The summed E-state index contributed by atoms with van der Waals surface area (Å²) in [4.78, 5) is 0. The summed E-state index contributed by atoms with van der Waals surface area (Å²) in [6.07, 6.45) is 1.25. The number of phenolic OH excluding ortho intramolecular Hbond substituents is 1. The first-order valence-corrected chi connectivity index (χ1v) is 4.88. The Morgan fingerprint density at radius 1 is 1.27 bits per heavy atom. The van der Waals surface area contributed by atoms with Crippen LogP contribution in [0.25, 0.3) is 0 Å². The first kappa shape index (κ1) is 11.6. The Morgan fingerprint density at radius 3 is 2.33 bits per heavy atom. The molecular weight excluding hydrogens is 190 g/mol. The molecule has 0 fully saturated rings. The molecule has 0 aliphatic rings. The zero-order valence-corrected chi connectivity index (χ0v) is 9.57. The average Bonchev–Trinajstić information content (AvgIpc) is 2.11. The molecule has 3 heteroatoms. The van der Waals surface area contributed by atoms with Crippen LogP contribution in [-0.4, -0.2) is 16.5 Å². The van der Waals surface area contributed by atoms with E-state index in [-0.39, 0.29) is 11.2 Å². The number of phenols is 1. The van der Waals surface area contributed by atoms with Gasteiger partial charge in [0, 0.05) is 5.56 Å². The fraction of sp³-hybridized carbons (Fsp3) is 0.417. The van der Waals surface area contributed by atoms with Crippen molar-refractivity contribution in [3.8, 4) is 5.75 Å². The topological polar surface area (TPSA) is 52.8 Å². The van der Waals surface area contributed by atoms with Gasteiger partial charge in [-0.1, -0.05) is 32.0 Å². The van der Waals surface area contributed by atoms with Crippen molar-refractivity contribution < 1.29 is 10.3 Å². The third kappa shape index (κ3) is 2.49. The molecule has 82 valence electrons. The number of hydrogen-bond acceptors (Lipinski definition) is 3. The molecule has 2 N–H and O–H groups in total. The van der Waals surface area contributed by atoms with Crippen LogP contribution in [0.5, 0.6) is 5.75 Å². The molecule has 0 bridgehead atoms. The molecule has 0 saturated heterocycles. The third-order valence-corrected chi connectivity index (χ3v) is 2.39. The van der Waals surface area contributed by atoms with Gasteiger partial charge in [-0.2, -0.15) is 0 Å². The molecule has 0 heterocycles. The van der Waals surface area contributed by atoms with Gasteiger partial charge in [-0.3, -0.25) is 0 Å². The molecule has 1 rings (SSSR count). The van der Waals surface area contributed by atoms with Gasteiger partial charge in [-0.05, 0) is 29.5 Å². The number of aryl methyl sites for hydroxylation is 1. The molecule has 1 aromatic rings. The van der Waals surface area contributed by atoms with E-state index in [9.17, 15) is 5.11 Å². The highest BCUT2D eigenvalue weighted by atomic mass is 16.4. The number of aromatic hydroxyl groups is 1. The van der Waals surface area contributed by atoms with Crippen molar-refractivity contribution >= 4 is 6.21 Å². The summed E-state index contributed by atoms with van der Waals surface area (Å²) in [5, 5.41) is 21.1. The molecule has 0 unspecified atom stereocenters. The van der Waals surface area contributed by atoms with E-state index in [1.807, 2.05) is 19.1 Å². The quantitative estimate of drug-likeness (QED) is 0.422. The van der Waals surface area contributed by atoms with Gasteiger partial charge < -0.3 is 10.3 Å². The molecule has 0 aromatic heterocycles. The molecule has 0 atom stereocenters. The highest BCUT2D eigenvalue weighted by Crippen LogP contribution is 2.29. The van der Waals surface area contributed by atoms with E-state index in [0.717, 1.165) is 11.1 Å². The van der Waals surface area contributed by atoms with Crippen molar-refractivity contribution in [2.45, 2.75) is 33.1 Å². The first-order valence-electron chi connectivity index (χ1n) is 4.88. The summed E-state index contributed by atoms with van der Waals surface area (Å²) in [6, 6.07) is 3.78. The Morgan fingerprint density at radius 2 is 1.87 bits per heavy atom. The highest BCUT2D eigenvalue weighted by molar-refractivity contribution is 5.84. The molecule has 15 heavy (non-hydrogen) atoms. The molecule has 0 amide bonds. The minimum atomic E-state index is 0.0104. The van der Waals surface area contributed by atoms with E-state index in [1.165, 1.54) is 6.21 Å². The van der Waals surface area contributed by atoms with Gasteiger partial charge >= 0.3 is 0 Å². The smallest absolute Gasteiger partial charge is 0.127 e. The summed E-state index contributed by atoms with van der Waals surface area (Å²) < 4.78 is 0. The number of benzene rings is 1. The third-order valence-electron chi connectivity index (χ3n) is 2.39. The van der Waals surface area contributed by atoms with E-state index in [2.05, 4.69) is 25.9 Å². The van der Waals surface area contributed by atoms with Crippen LogP contribution in [-0.2, 0) is 5.41 Å². The van der Waals surface area contributed by atoms with Gasteiger partial charge in [-0.15, -0.1) is 0 Å². The summed E-state index contributed by atoms with van der Waals surface area (Å²) >= 11 is 0. The molecule has 0 spiro atoms. The highest BCUT2D eigenvalue weighted by Gasteiger charge is 2.16. The fourth-order valence-electron chi connectivity index (χ4n) is 1.40. The number of rotatable bonds is 1. The van der Waals surface area contributed by atoms with Crippen molar-refractivity contribution in [2.75, 3.05) is 0 Å². The normalized spacial score (nSPS) is 12.3. The zero-order valence-electron chi connectivity index (χ0n) is 9.57. The van der Waals surface area contributed by atoms with Crippen LogP contribution in [0.4, 0.5) is 0 Å². The molecule has 0 saturated carbocycles. The van der Waals surface area contributed by atoms with E-state index in [0.29, 0.717) is 5.56 Å². The lowest BCUT2D eigenvalue weighted by Gasteiger charge is -2.20. The van der Waals surface area contributed by atoms with Crippen LogP contribution in [0.15, 0.2) is 17.3 Å². The fourth-order valence-corrected chi connectivity index (χ4v) is 1.40. The molecule has 0 aliphatic heterocycles. The second-order valence-electron chi connectivity index (χ2n) is 4.73. The standard InChI is InChI=1S/C12H17NO2/c1-8-5-10(12(2,3)4)6-9(7-13-15)11(8)14/h5-7,14-15H,1-4H3/b13-7+. The Bertz CT molecular complexity index is 389. The zero-order chi connectivity index (χ0) is 11.6. The maximum atomic E-state index is 9.72. The maximum absolute atomic E-state index is 9.72. The SMILES string of the molecule is Cc1cc(C(C)(C)C)cc(/C=N/O)c1O. The van der Waals surface area contributed by atoms with Crippen LogP contribution >= 0.6 is 0 Å². The van der Waals surface area contributed by atoms with E-state index in [1.54, 1.807) is 0 Å². The molecule has 1 aromatic carbocycles. The predicted octanol–water partition coefficient (Wildman–Crippen LogP) is 2.81. The average molecular weight is 207 g/mol. The molecule has 0 radical (unpaired) electrons. The van der Waals surface area contributed by atoms with Crippen molar-refractivity contribution in [1.82, 2.24) is 0 Å². The van der Waals surface area contributed by atoms with Crippen LogP contribution in [0.3, 0.4) is 0 Å². The van der Waals surface area contributed by atoms with Gasteiger partial charge in [0.15, 0.2) is 0 Å². The largest absolute Gasteiger partial charge is 0.507 e. The van der Waals surface area contributed by atoms with Crippen molar-refractivity contribution in [2.24, 2.45) is 5.16 Å². The number of oxime groups is 1. The Hall–Kier alpha value is -1.51. The maximum Gasteiger partial charge on any atom is 0.127 e. The van der Waals surface area contributed by atoms with Gasteiger partial charge in [0.25, 0.3) is 0 Å². The molecular formula is C12H17NO2. The summed E-state index contributed by atoms with van der Waals surface area (Å²) in [6.45, 7) is 8.12. The van der Waals surface area contributed by atoms with E-state index >= 15 is 0 Å². The Kier molecular flexibility index (Phi) is 3.03. The van der Waals surface area contributed by atoms with Crippen LogP contribution in [0.2, 0.25) is 0 Å². The van der Waals surface area contributed by atoms with Crippen LogP contribution in [0.1, 0.15) is 37.5 Å². The Labute approximate surface area is 90.1 Å². The lowest BCUT2D eigenvalue weighted by Crippen LogP contribution is -2.12. The van der Waals surface area contributed by atoms with Crippen molar-refractivity contribution in [3.05, 3.63) is 28.8 Å². The van der Waals surface area contributed by atoms with Crippen molar-refractivity contribution in [1.29, 1.82) is 0 Å². The summed E-state index contributed by atoms with van der Waals surface area (Å²) in [5.41, 5.74) is 2.45. The number of hydrogen-bond donors (Lipinski definition) is 2. The van der Waals surface area contributed by atoms with Crippen molar-refractivity contribution in [3.63, 3.8) is 0 Å². The summed E-state index contributed by atoms with van der Waals surface area (Å²) in [5.74, 6) is 0.167. The monoisotopic (exact) mass is 207 g/mol. The predicted molar refractivity (Wildman–Crippen MR) is 60.9 cm³/mol. The molecule has 0 aliphatic carbocycles. The van der Waals surface area contributed by atoms with E-state index < -0.39 is 0 Å². The van der Waals surface area contributed by atoms with Gasteiger partial charge in [0.2, 0.25) is 0 Å². The second kappa shape index (κ2) is 3.93. The lowest BCUT2D eigenvalue weighted by molar-refractivity contribution is 0.321. The minimum Gasteiger partial charge on any atom is -0.507 e. The van der Waals surface area contributed by atoms with E-state index in [4.69, 9.17) is 5.21 Å². The van der Waals surface area contributed by atoms with Gasteiger partial charge in [0.1, 0.15) is 5.75 Å². The van der Waals surface area contributed by atoms with Gasteiger partial charge in [0.05, 0.1) is 6.21 Å². The van der Waals surface area contributed by atoms with Crippen LogP contribution in [0, 0.1) is 6.92 Å². The second-order valence-corrected chi connectivity index (χ2v) is 4.73. The first-order chi connectivity index (χ1) is 6.86. The van der Waals surface area contributed by atoms with Crippen LogP contribution < -0.4 is 0 Å².